The quantitative estimate of drug-likeness (QED) is 0.0717. The third kappa shape index (κ3) is 16.8. The van der Waals surface area contributed by atoms with Crippen LogP contribution in [0.5, 0.6) is 0 Å². The van der Waals surface area contributed by atoms with Gasteiger partial charge in [0.15, 0.2) is 6.61 Å². The highest BCUT2D eigenvalue weighted by Crippen LogP contribution is 2.65. The van der Waals surface area contributed by atoms with Crippen LogP contribution in [-0.4, -0.2) is 91.2 Å². The Morgan fingerprint density at radius 3 is 1.51 bits per heavy atom. The zero-order chi connectivity index (χ0) is 54.4. The summed E-state index contributed by atoms with van der Waals surface area (Å²) in [7, 11) is 0. The minimum absolute atomic E-state index is 0.0720. The van der Waals surface area contributed by atoms with E-state index in [-0.39, 0.29) is 35.0 Å². The fourth-order valence-corrected chi connectivity index (χ4v) is 13.8. The zero-order valence-corrected chi connectivity index (χ0v) is 45.0. The first kappa shape index (κ1) is 59.4. The van der Waals surface area contributed by atoms with Gasteiger partial charge in [-0.2, -0.15) is 13.2 Å². The average molecular weight is 1040 g/mol. The molecule has 8 bridgehead atoms. The first-order valence-corrected chi connectivity index (χ1v) is 26.5. The fourth-order valence-electron chi connectivity index (χ4n) is 13.8. The Hall–Kier alpha value is -4.44. The second-order valence-corrected chi connectivity index (χ2v) is 24.8. The van der Waals surface area contributed by atoms with Crippen molar-refractivity contribution in [1.29, 1.82) is 0 Å². The number of esters is 7. The predicted octanol–water partition coefficient (Wildman–Crippen LogP) is 11.0. The molecule has 0 aromatic rings. The summed E-state index contributed by atoms with van der Waals surface area (Å²) in [5.41, 5.74) is -4.41. The summed E-state index contributed by atoms with van der Waals surface area (Å²) < 4.78 is 75.1. The van der Waals surface area contributed by atoms with Crippen LogP contribution in [0.1, 0.15) is 184 Å². The molecule has 3 atom stereocenters. The third-order valence-corrected chi connectivity index (χ3v) is 16.2. The monoisotopic (exact) mass is 1040 g/mol. The highest BCUT2D eigenvalue weighted by molar-refractivity contribution is 5.91. The van der Waals surface area contributed by atoms with E-state index in [0.29, 0.717) is 42.3 Å². The van der Waals surface area contributed by atoms with Crippen LogP contribution in [0.2, 0.25) is 0 Å². The van der Waals surface area contributed by atoms with Gasteiger partial charge in [0.25, 0.3) is 0 Å². The van der Waals surface area contributed by atoms with Crippen molar-refractivity contribution in [3.05, 3.63) is 24.3 Å². The van der Waals surface area contributed by atoms with E-state index in [9.17, 15) is 46.7 Å². The molecule has 9 aliphatic carbocycles. The Labute approximate surface area is 430 Å². The van der Waals surface area contributed by atoms with Gasteiger partial charge in [-0.25, -0.2) is 28.8 Å². The van der Waals surface area contributed by atoms with Crippen molar-refractivity contribution < 1.29 is 79.9 Å². The number of ether oxygens (including phenoxy) is 7. The molecule has 0 spiro atoms. The molecule has 412 valence electrons. The van der Waals surface area contributed by atoms with Crippen LogP contribution in [0.25, 0.3) is 0 Å². The Balaban J connectivity index is 0.000000204. The van der Waals surface area contributed by atoms with Crippen LogP contribution in [0.4, 0.5) is 13.2 Å². The van der Waals surface area contributed by atoms with Crippen LogP contribution >= 0.6 is 0 Å². The summed E-state index contributed by atoms with van der Waals surface area (Å²) in [6.45, 7) is 21.3. The molecule has 0 N–H and O–H groups in total. The fraction of sp³-hybridized carbons (Fsp3) is 0.804. The first-order chi connectivity index (χ1) is 33.8. The van der Waals surface area contributed by atoms with Crippen molar-refractivity contribution in [2.24, 2.45) is 51.8 Å². The lowest BCUT2D eigenvalue weighted by molar-refractivity contribution is -0.209. The largest absolute Gasteiger partial charge is 0.462 e. The molecule has 73 heavy (non-hydrogen) atoms. The molecular weight excluding hydrogens is 954 g/mol. The van der Waals surface area contributed by atoms with Crippen molar-refractivity contribution in [3.8, 4) is 0 Å². The highest BCUT2D eigenvalue weighted by Gasteiger charge is 2.57. The highest BCUT2D eigenvalue weighted by atomic mass is 19.4. The molecule has 0 amide bonds. The number of halogens is 3. The number of rotatable bonds is 18. The van der Waals surface area contributed by atoms with Gasteiger partial charge in [0.2, 0.25) is 16.8 Å². The molecule has 0 radical (unpaired) electrons. The molecule has 0 aromatic heterocycles. The standard InChI is InChI=1S/C20H27F3O4.C20H30O4.C16H26O6/c1-12(2)16(24)27-18(3,10-20(21,22)23)17(25)26-11-19-7-13-4-14(8-19)6-15(5-13)9-19;1-13(2)16(21)24-18(3,4)17(22)23-12-20-9-14-6-15(10-20)8-19(5,7-14)11-20;1-4-13(17)20-11-14(18)22-16(2,3)15(19)21-10-12-8-6-5-7-9-12/h13-15H,1,4-11H2,2-3H3;14-15H,1,6-12H2,2-5H3;12H,4-11H2,1-3H3. The van der Waals surface area contributed by atoms with Gasteiger partial charge >= 0.3 is 48.0 Å². The van der Waals surface area contributed by atoms with E-state index in [1.165, 1.54) is 91.4 Å². The summed E-state index contributed by atoms with van der Waals surface area (Å²) in [4.78, 5) is 83.1. The van der Waals surface area contributed by atoms with E-state index in [2.05, 4.69) is 24.8 Å². The lowest BCUT2D eigenvalue weighted by atomic mass is 9.45. The second kappa shape index (κ2) is 23.6. The van der Waals surface area contributed by atoms with E-state index in [1.807, 2.05) is 0 Å². The van der Waals surface area contributed by atoms with Crippen LogP contribution < -0.4 is 0 Å². The van der Waals surface area contributed by atoms with E-state index in [0.717, 1.165) is 57.3 Å². The third-order valence-electron chi connectivity index (χ3n) is 16.2. The predicted molar refractivity (Wildman–Crippen MR) is 262 cm³/mol. The Morgan fingerprint density at radius 2 is 1.01 bits per heavy atom. The van der Waals surface area contributed by atoms with E-state index in [1.54, 1.807) is 27.7 Å². The molecular formula is C56H83F3O14. The zero-order valence-electron chi connectivity index (χ0n) is 45.0. The van der Waals surface area contributed by atoms with Gasteiger partial charge in [-0.15, -0.1) is 0 Å². The molecule has 0 aliphatic heterocycles. The number of carbonyl (C=O) groups excluding carboxylic acids is 7. The van der Waals surface area contributed by atoms with Gasteiger partial charge in [-0.1, -0.05) is 46.3 Å². The van der Waals surface area contributed by atoms with Gasteiger partial charge in [0.05, 0.1) is 26.2 Å². The summed E-state index contributed by atoms with van der Waals surface area (Å²) in [6.07, 6.45) is 13.7. The molecule has 17 heteroatoms. The molecule has 9 aliphatic rings. The maximum absolute atomic E-state index is 13.0. The minimum Gasteiger partial charge on any atom is -0.462 e. The van der Waals surface area contributed by atoms with Crippen molar-refractivity contribution in [1.82, 2.24) is 0 Å². The summed E-state index contributed by atoms with van der Waals surface area (Å²) in [5.74, 6) is -1.11. The van der Waals surface area contributed by atoms with Gasteiger partial charge < -0.3 is 33.2 Å². The topological polar surface area (TPSA) is 184 Å². The Bertz CT molecular complexity index is 2020. The number of hydrogen-bond acceptors (Lipinski definition) is 14. The molecule has 0 saturated heterocycles. The maximum Gasteiger partial charge on any atom is 0.393 e. The number of hydrogen-bond donors (Lipinski definition) is 0. The molecule has 9 rings (SSSR count). The van der Waals surface area contributed by atoms with Crippen molar-refractivity contribution in [2.75, 3.05) is 26.4 Å². The van der Waals surface area contributed by atoms with Crippen molar-refractivity contribution in [2.45, 2.75) is 207 Å². The van der Waals surface area contributed by atoms with Crippen LogP contribution in [0.3, 0.4) is 0 Å². The van der Waals surface area contributed by atoms with Gasteiger partial charge in [-0.05, 0) is 179 Å². The molecule has 3 unspecified atom stereocenters. The van der Waals surface area contributed by atoms with Gasteiger partial charge in [-0.3, -0.25) is 4.79 Å². The smallest absolute Gasteiger partial charge is 0.393 e. The molecule has 0 heterocycles. The maximum atomic E-state index is 13.0. The van der Waals surface area contributed by atoms with E-state index >= 15 is 0 Å². The summed E-state index contributed by atoms with van der Waals surface area (Å²) in [6, 6.07) is 0. The first-order valence-electron chi connectivity index (χ1n) is 26.5. The van der Waals surface area contributed by atoms with Crippen molar-refractivity contribution >= 4 is 41.8 Å². The molecule has 9 saturated carbocycles. The normalized spacial score (nSPS) is 29.6. The van der Waals surface area contributed by atoms with E-state index < -0.39 is 77.8 Å². The van der Waals surface area contributed by atoms with Gasteiger partial charge in [0.1, 0.15) is 0 Å². The number of alkyl halides is 3. The van der Waals surface area contributed by atoms with Crippen LogP contribution in [0, 0.1) is 51.8 Å². The SMILES string of the molecule is C=C(C)C(=O)OC(C)(C)C(=O)OCC12CC3CC(CC(C)(C3)C1)C2.C=C(C)C(=O)OC(C)(CC(F)(F)F)C(=O)OCC12CC3CC(CC(C3)C1)C2.CCC(=O)OCC(=O)OC(C)(C)C(=O)OCC1CCCCC1. The van der Waals surface area contributed by atoms with Gasteiger partial charge in [0, 0.05) is 28.4 Å². The van der Waals surface area contributed by atoms with Crippen molar-refractivity contribution in [3.63, 3.8) is 0 Å². The molecule has 0 aromatic carbocycles. The molecule has 9 fully saturated rings. The van der Waals surface area contributed by atoms with E-state index in [4.69, 9.17) is 28.4 Å². The summed E-state index contributed by atoms with van der Waals surface area (Å²) >= 11 is 0. The number of carbonyl (C=O) groups is 7. The average Bonchev–Trinajstić information content (AvgIpc) is 3.26. The van der Waals surface area contributed by atoms with Crippen LogP contribution in [-0.2, 0) is 66.7 Å². The summed E-state index contributed by atoms with van der Waals surface area (Å²) in [5, 5.41) is 0. The lowest BCUT2D eigenvalue weighted by Gasteiger charge is -2.61. The van der Waals surface area contributed by atoms with Crippen LogP contribution in [0.15, 0.2) is 24.3 Å². The Morgan fingerprint density at radius 1 is 0.562 bits per heavy atom. The second-order valence-electron chi connectivity index (χ2n) is 24.8. The lowest BCUT2D eigenvalue weighted by Crippen LogP contribution is -2.53. The molecule has 14 nitrogen and oxygen atoms in total. The Kier molecular flexibility index (Phi) is 19.2. The minimum atomic E-state index is -4.68.